The van der Waals surface area contributed by atoms with E-state index in [1.54, 1.807) is 7.11 Å². The molecule has 0 aliphatic carbocycles. The largest absolute Gasteiger partial charge is 0.504 e. The summed E-state index contributed by atoms with van der Waals surface area (Å²) in [6.07, 6.45) is 0.823. The SMILES string of the molecule is CCc1cc(OC)c(O)c(CN2CCNCC2)c1Cl. The first-order valence-corrected chi connectivity index (χ1v) is 7.05. The maximum absolute atomic E-state index is 10.3. The Bertz CT molecular complexity index is 417. The van der Waals surface area contributed by atoms with Gasteiger partial charge in [-0.05, 0) is 18.1 Å². The van der Waals surface area contributed by atoms with E-state index in [1.165, 1.54) is 0 Å². The van der Waals surface area contributed by atoms with Crippen LogP contribution in [0.15, 0.2) is 6.07 Å². The normalized spacial score (nSPS) is 16.6. The number of benzene rings is 1. The molecule has 0 saturated carbocycles. The number of phenolic OH excluding ortho intramolecular Hbond substituents is 1. The van der Waals surface area contributed by atoms with E-state index in [9.17, 15) is 5.11 Å². The highest BCUT2D eigenvalue weighted by Gasteiger charge is 2.19. The molecule has 106 valence electrons. The standard InChI is InChI=1S/C14H21ClN2O2/c1-3-10-8-12(19-2)14(18)11(13(10)15)9-17-6-4-16-5-7-17/h8,16,18H,3-7,9H2,1-2H3. The number of piperazine rings is 1. The van der Waals surface area contributed by atoms with Crippen molar-refractivity contribution in [1.29, 1.82) is 0 Å². The van der Waals surface area contributed by atoms with Crippen molar-refractivity contribution in [3.05, 3.63) is 22.2 Å². The lowest BCUT2D eigenvalue weighted by atomic mass is 10.1. The number of aryl methyl sites for hydroxylation is 1. The van der Waals surface area contributed by atoms with E-state index in [-0.39, 0.29) is 5.75 Å². The van der Waals surface area contributed by atoms with Crippen molar-refractivity contribution in [2.45, 2.75) is 19.9 Å². The number of methoxy groups -OCH3 is 1. The second kappa shape index (κ2) is 6.46. The molecule has 5 heteroatoms. The molecule has 0 spiro atoms. The molecule has 1 aromatic rings. The Labute approximate surface area is 119 Å². The van der Waals surface area contributed by atoms with Gasteiger partial charge in [-0.25, -0.2) is 0 Å². The van der Waals surface area contributed by atoms with Gasteiger partial charge in [-0.1, -0.05) is 18.5 Å². The van der Waals surface area contributed by atoms with Gasteiger partial charge < -0.3 is 15.2 Å². The molecule has 2 rings (SSSR count). The Morgan fingerprint density at radius 3 is 2.68 bits per heavy atom. The van der Waals surface area contributed by atoms with E-state index in [0.29, 0.717) is 17.3 Å². The van der Waals surface area contributed by atoms with Crippen LogP contribution in [-0.4, -0.2) is 43.3 Å². The minimum absolute atomic E-state index is 0.170. The third kappa shape index (κ3) is 3.14. The number of aromatic hydroxyl groups is 1. The van der Waals surface area contributed by atoms with Crippen LogP contribution < -0.4 is 10.1 Å². The molecule has 1 aliphatic rings. The van der Waals surface area contributed by atoms with E-state index in [4.69, 9.17) is 16.3 Å². The van der Waals surface area contributed by atoms with Crippen LogP contribution in [0.5, 0.6) is 11.5 Å². The van der Waals surface area contributed by atoms with E-state index in [1.807, 2.05) is 13.0 Å². The second-order valence-electron chi connectivity index (χ2n) is 4.76. The summed E-state index contributed by atoms with van der Waals surface area (Å²) >= 11 is 6.40. The lowest BCUT2D eigenvalue weighted by molar-refractivity contribution is 0.229. The van der Waals surface area contributed by atoms with Crippen LogP contribution in [0.1, 0.15) is 18.1 Å². The highest BCUT2D eigenvalue weighted by atomic mass is 35.5. The summed E-state index contributed by atoms with van der Waals surface area (Å²) in [7, 11) is 1.57. The fraction of sp³-hybridized carbons (Fsp3) is 0.571. The van der Waals surface area contributed by atoms with E-state index < -0.39 is 0 Å². The third-order valence-corrected chi connectivity index (χ3v) is 4.03. The fourth-order valence-electron chi connectivity index (χ4n) is 2.39. The molecule has 1 aromatic carbocycles. The molecular weight excluding hydrogens is 264 g/mol. The first kappa shape index (κ1) is 14.4. The molecule has 0 aromatic heterocycles. The van der Waals surface area contributed by atoms with Gasteiger partial charge in [0.25, 0.3) is 0 Å². The molecule has 19 heavy (non-hydrogen) atoms. The summed E-state index contributed by atoms with van der Waals surface area (Å²) in [5, 5.41) is 14.2. The zero-order chi connectivity index (χ0) is 13.8. The molecule has 0 unspecified atom stereocenters. The summed E-state index contributed by atoms with van der Waals surface area (Å²) in [4.78, 5) is 2.29. The summed E-state index contributed by atoms with van der Waals surface area (Å²) in [5.74, 6) is 0.676. The molecule has 1 saturated heterocycles. The van der Waals surface area contributed by atoms with Crippen LogP contribution >= 0.6 is 11.6 Å². The third-order valence-electron chi connectivity index (χ3n) is 3.56. The fourth-order valence-corrected chi connectivity index (χ4v) is 2.72. The number of phenols is 1. The van der Waals surface area contributed by atoms with E-state index >= 15 is 0 Å². The summed E-state index contributed by atoms with van der Waals surface area (Å²) in [5.41, 5.74) is 1.79. The first-order valence-electron chi connectivity index (χ1n) is 6.67. The molecular formula is C14H21ClN2O2. The Morgan fingerprint density at radius 2 is 2.11 bits per heavy atom. The van der Waals surface area contributed by atoms with Crippen molar-refractivity contribution in [3.8, 4) is 11.5 Å². The van der Waals surface area contributed by atoms with Gasteiger partial charge in [0.2, 0.25) is 0 Å². The molecule has 0 atom stereocenters. The quantitative estimate of drug-likeness (QED) is 0.888. The van der Waals surface area contributed by atoms with Gasteiger partial charge in [0, 0.05) is 38.3 Å². The summed E-state index contributed by atoms with van der Waals surface area (Å²) < 4.78 is 5.23. The van der Waals surface area contributed by atoms with Gasteiger partial charge in [-0.15, -0.1) is 0 Å². The van der Waals surface area contributed by atoms with E-state index in [0.717, 1.165) is 43.7 Å². The van der Waals surface area contributed by atoms with Gasteiger partial charge in [0.05, 0.1) is 12.1 Å². The number of hydrogen-bond donors (Lipinski definition) is 2. The van der Waals surface area contributed by atoms with Gasteiger partial charge in [-0.2, -0.15) is 0 Å². The zero-order valence-electron chi connectivity index (χ0n) is 11.5. The van der Waals surface area contributed by atoms with Crippen molar-refractivity contribution >= 4 is 11.6 Å². The molecule has 4 nitrogen and oxygen atoms in total. The average Bonchev–Trinajstić information content (AvgIpc) is 2.45. The summed E-state index contributed by atoms with van der Waals surface area (Å²) in [6, 6.07) is 1.82. The minimum atomic E-state index is 0.170. The highest BCUT2D eigenvalue weighted by molar-refractivity contribution is 6.32. The lowest BCUT2D eigenvalue weighted by Crippen LogP contribution is -2.42. The molecule has 1 fully saturated rings. The van der Waals surface area contributed by atoms with Crippen LogP contribution in [0.4, 0.5) is 0 Å². The predicted molar refractivity (Wildman–Crippen MR) is 77.2 cm³/mol. The number of ether oxygens (including phenoxy) is 1. The summed E-state index contributed by atoms with van der Waals surface area (Å²) in [6.45, 7) is 6.59. The Hall–Kier alpha value is -0.970. The van der Waals surface area contributed by atoms with Crippen molar-refractivity contribution < 1.29 is 9.84 Å². The first-order chi connectivity index (χ1) is 9.17. The number of rotatable bonds is 4. The van der Waals surface area contributed by atoms with Gasteiger partial charge in [0.1, 0.15) is 0 Å². The topological polar surface area (TPSA) is 44.7 Å². The van der Waals surface area contributed by atoms with Crippen LogP contribution in [0.3, 0.4) is 0 Å². The molecule has 1 heterocycles. The maximum Gasteiger partial charge on any atom is 0.163 e. The lowest BCUT2D eigenvalue weighted by Gasteiger charge is -2.28. The predicted octanol–water partition coefficient (Wildman–Crippen LogP) is 2.02. The molecule has 1 aliphatic heterocycles. The van der Waals surface area contributed by atoms with Gasteiger partial charge in [-0.3, -0.25) is 4.90 Å². The van der Waals surface area contributed by atoms with Gasteiger partial charge >= 0.3 is 0 Å². The maximum atomic E-state index is 10.3. The Kier molecular flexibility index (Phi) is 4.91. The Balaban J connectivity index is 2.31. The van der Waals surface area contributed by atoms with Crippen molar-refractivity contribution in [2.24, 2.45) is 0 Å². The zero-order valence-corrected chi connectivity index (χ0v) is 12.3. The van der Waals surface area contributed by atoms with Crippen molar-refractivity contribution in [3.63, 3.8) is 0 Å². The number of hydrogen-bond acceptors (Lipinski definition) is 4. The molecule has 2 N–H and O–H groups in total. The highest BCUT2D eigenvalue weighted by Crippen LogP contribution is 2.38. The van der Waals surface area contributed by atoms with Gasteiger partial charge in [0.15, 0.2) is 11.5 Å². The molecule has 0 amide bonds. The molecule has 0 radical (unpaired) electrons. The smallest absolute Gasteiger partial charge is 0.163 e. The van der Waals surface area contributed by atoms with Crippen LogP contribution in [-0.2, 0) is 13.0 Å². The monoisotopic (exact) mass is 284 g/mol. The van der Waals surface area contributed by atoms with Crippen LogP contribution in [0, 0.1) is 0 Å². The minimum Gasteiger partial charge on any atom is -0.504 e. The number of nitrogens with zero attached hydrogens (tertiary/aromatic N) is 1. The van der Waals surface area contributed by atoms with Crippen molar-refractivity contribution in [1.82, 2.24) is 10.2 Å². The van der Waals surface area contributed by atoms with E-state index in [2.05, 4.69) is 10.2 Å². The second-order valence-corrected chi connectivity index (χ2v) is 5.14. The Morgan fingerprint density at radius 1 is 1.42 bits per heavy atom. The van der Waals surface area contributed by atoms with Crippen molar-refractivity contribution in [2.75, 3.05) is 33.3 Å². The number of halogens is 1. The average molecular weight is 285 g/mol. The number of nitrogens with one attached hydrogen (secondary N) is 1. The van der Waals surface area contributed by atoms with Crippen LogP contribution in [0.25, 0.3) is 0 Å². The van der Waals surface area contributed by atoms with Crippen LogP contribution in [0.2, 0.25) is 5.02 Å². The molecule has 0 bridgehead atoms.